The van der Waals surface area contributed by atoms with Crippen LogP contribution >= 0.6 is 22.6 Å². The molecule has 0 radical (unpaired) electrons. The minimum Gasteiger partial charge on any atom is -0.399 e. The second-order valence-corrected chi connectivity index (χ2v) is 10.9. The zero-order chi connectivity index (χ0) is 19.3. The van der Waals surface area contributed by atoms with Crippen LogP contribution in [0.15, 0.2) is 48.5 Å². The Kier molecular flexibility index (Phi) is 6.98. The van der Waals surface area contributed by atoms with Crippen LogP contribution in [-0.2, 0) is 6.42 Å². The first-order valence-electron chi connectivity index (χ1n) is 11.3. The van der Waals surface area contributed by atoms with Crippen molar-refractivity contribution in [3.8, 4) is 11.1 Å². The highest BCUT2D eigenvalue weighted by molar-refractivity contribution is 14.1. The van der Waals surface area contributed by atoms with Crippen LogP contribution < -0.4 is 5.73 Å². The van der Waals surface area contributed by atoms with Crippen molar-refractivity contribution >= 4 is 28.3 Å². The fourth-order valence-electron chi connectivity index (χ4n) is 5.41. The van der Waals surface area contributed by atoms with Crippen LogP contribution in [0.5, 0.6) is 0 Å². The fraction of sp³-hybridized carbons (Fsp3) is 0.538. The predicted molar refractivity (Wildman–Crippen MR) is 130 cm³/mol. The van der Waals surface area contributed by atoms with Crippen molar-refractivity contribution in [2.45, 2.75) is 68.1 Å². The molecule has 150 valence electrons. The van der Waals surface area contributed by atoms with Crippen LogP contribution in [0.3, 0.4) is 0 Å². The van der Waals surface area contributed by atoms with Crippen molar-refractivity contribution in [2.24, 2.45) is 17.8 Å². The van der Waals surface area contributed by atoms with Gasteiger partial charge in [-0.25, -0.2) is 0 Å². The lowest BCUT2D eigenvalue weighted by atomic mass is 9.70. The molecule has 0 spiro atoms. The van der Waals surface area contributed by atoms with Gasteiger partial charge in [0.1, 0.15) is 0 Å². The quantitative estimate of drug-likeness (QED) is 0.261. The second kappa shape index (κ2) is 9.65. The van der Waals surface area contributed by atoms with Crippen LogP contribution in [0.2, 0.25) is 0 Å². The monoisotopic (exact) mass is 487 g/mol. The molecule has 28 heavy (non-hydrogen) atoms. The molecule has 0 atom stereocenters. The van der Waals surface area contributed by atoms with Crippen molar-refractivity contribution in [3.05, 3.63) is 54.1 Å². The third-order valence-electron chi connectivity index (χ3n) is 7.30. The summed E-state index contributed by atoms with van der Waals surface area (Å²) in [4.78, 5) is 0. The molecule has 2 aliphatic rings. The normalized spacial score (nSPS) is 28.2. The minimum atomic E-state index is 0.827. The van der Waals surface area contributed by atoms with E-state index in [1.165, 1.54) is 80.9 Å². The van der Waals surface area contributed by atoms with Crippen LogP contribution in [0.4, 0.5) is 5.69 Å². The average Bonchev–Trinajstić information content (AvgIpc) is 2.74. The maximum absolute atomic E-state index is 5.80. The average molecular weight is 487 g/mol. The van der Waals surface area contributed by atoms with E-state index in [0.29, 0.717) is 0 Å². The summed E-state index contributed by atoms with van der Waals surface area (Å²) < 4.78 is 0.955. The number of aryl methyl sites for hydroxylation is 1. The van der Waals surface area contributed by atoms with E-state index in [1.54, 1.807) is 0 Å². The maximum Gasteiger partial charge on any atom is 0.0314 e. The van der Waals surface area contributed by atoms with Gasteiger partial charge in [0, 0.05) is 9.61 Å². The molecule has 0 heterocycles. The molecular weight excluding hydrogens is 453 g/mol. The smallest absolute Gasteiger partial charge is 0.0314 e. The summed E-state index contributed by atoms with van der Waals surface area (Å²) in [5, 5.41) is 0. The molecule has 0 saturated heterocycles. The molecule has 0 amide bonds. The summed E-state index contributed by atoms with van der Waals surface area (Å²) in [6.45, 7) is 0. The molecular formula is C26H34IN. The van der Waals surface area contributed by atoms with E-state index >= 15 is 0 Å². The summed E-state index contributed by atoms with van der Waals surface area (Å²) in [6, 6.07) is 17.3. The molecule has 2 aliphatic carbocycles. The van der Waals surface area contributed by atoms with E-state index in [2.05, 4.69) is 59.0 Å². The molecule has 0 aliphatic heterocycles. The van der Waals surface area contributed by atoms with Gasteiger partial charge in [-0.1, -0.05) is 71.8 Å². The van der Waals surface area contributed by atoms with Crippen molar-refractivity contribution in [3.63, 3.8) is 0 Å². The summed E-state index contributed by atoms with van der Waals surface area (Å²) in [5.41, 5.74) is 10.6. The van der Waals surface area contributed by atoms with Crippen LogP contribution in [-0.4, -0.2) is 3.92 Å². The minimum absolute atomic E-state index is 0.827. The van der Waals surface area contributed by atoms with Gasteiger partial charge in [-0.05, 0) is 97.9 Å². The molecule has 2 heteroatoms. The van der Waals surface area contributed by atoms with E-state index in [9.17, 15) is 0 Å². The number of hydrogen-bond donors (Lipinski definition) is 1. The third kappa shape index (κ3) is 5.31. The number of anilines is 1. The lowest BCUT2D eigenvalue weighted by molar-refractivity contribution is 0.166. The molecule has 0 unspecified atom stereocenters. The third-order valence-corrected chi connectivity index (χ3v) is 8.54. The van der Waals surface area contributed by atoms with Crippen LogP contribution in [0, 0.1) is 17.8 Å². The first-order valence-corrected chi connectivity index (χ1v) is 12.5. The van der Waals surface area contributed by atoms with Crippen molar-refractivity contribution < 1.29 is 0 Å². The largest absolute Gasteiger partial charge is 0.399 e. The number of halogens is 1. The topological polar surface area (TPSA) is 26.0 Å². The van der Waals surface area contributed by atoms with Gasteiger partial charge in [-0.2, -0.15) is 0 Å². The van der Waals surface area contributed by atoms with Crippen molar-refractivity contribution in [2.75, 3.05) is 5.73 Å². The lowest BCUT2D eigenvalue weighted by Gasteiger charge is -2.37. The SMILES string of the molecule is Nc1ccc(-c2ccc(CCC3CCC(C4CCC(I)CC4)CC3)cc2)cc1. The highest BCUT2D eigenvalue weighted by Crippen LogP contribution is 2.42. The Labute approximate surface area is 184 Å². The Balaban J connectivity index is 1.22. The molecule has 2 saturated carbocycles. The molecule has 2 fully saturated rings. The molecule has 1 nitrogen and oxygen atoms in total. The lowest BCUT2D eigenvalue weighted by Crippen LogP contribution is -2.26. The Hall–Kier alpha value is -1.03. The first-order chi connectivity index (χ1) is 13.7. The molecule has 2 N–H and O–H groups in total. The Morgan fingerprint density at radius 1 is 0.679 bits per heavy atom. The zero-order valence-electron chi connectivity index (χ0n) is 17.0. The maximum atomic E-state index is 5.80. The van der Waals surface area contributed by atoms with E-state index < -0.39 is 0 Å². The van der Waals surface area contributed by atoms with Gasteiger partial charge < -0.3 is 5.73 Å². The highest BCUT2D eigenvalue weighted by atomic mass is 127. The van der Waals surface area contributed by atoms with Gasteiger partial charge in [0.05, 0.1) is 0 Å². The number of benzene rings is 2. The van der Waals surface area contributed by atoms with Gasteiger partial charge in [0.2, 0.25) is 0 Å². The van der Waals surface area contributed by atoms with Crippen LogP contribution in [0.25, 0.3) is 11.1 Å². The summed E-state index contributed by atoms with van der Waals surface area (Å²) in [7, 11) is 0. The summed E-state index contributed by atoms with van der Waals surface area (Å²) in [5.74, 6) is 3.04. The molecule has 2 aromatic rings. The Bertz CT molecular complexity index is 720. The number of rotatable bonds is 5. The Morgan fingerprint density at radius 3 is 1.75 bits per heavy atom. The molecule has 4 rings (SSSR count). The van der Waals surface area contributed by atoms with Crippen molar-refractivity contribution in [1.82, 2.24) is 0 Å². The number of nitrogens with two attached hydrogens (primary N) is 1. The number of alkyl halides is 1. The van der Waals surface area contributed by atoms with Gasteiger partial charge in [0.25, 0.3) is 0 Å². The predicted octanol–water partition coefficient (Wildman–Crippen LogP) is 7.67. The molecule has 2 aromatic carbocycles. The fourth-order valence-corrected chi connectivity index (χ4v) is 6.13. The molecule has 0 bridgehead atoms. The van der Waals surface area contributed by atoms with E-state index in [-0.39, 0.29) is 0 Å². The molecule has 0 aromatic heterocycles. The number of nitrogen functional groups attached to an aromatic ring is 1. The highest BCUT2D eigenvalue weighted by Gasteiger charge is 2.30. The van der Waals surface area contributed by atoms with Gasteiger partial charge >= 0.3 is 0 Å². The van der Waals surface area contributed by atoms with Gasteiger partial charge in [-0.15, -0.1) is 0 Å². The van der Waals surface area contributed by atoms with Crippen molar-refractivity contribution in [1.29, 1.82) is 0 Å². The standard InChI is InChI=1S/C26H34IN/c27-25-15-11-23(12-16-25)21-7-3-19(4-8-21)1-2-20-5-9-22(10-6-20)24-13-17-26(28)18-14-24/h5-6,9-10,13-14,17-19,21,23,25H,1-4,7-8,11-12,15-16,28H2. The summed E-state index contributed by atoms with van der Waals surface area (Å²) in [6.07, 6.45) is 14.5. The zero-order valence-corrected chi connectivity index (χ0v) is 19.1. The number of hydrogen-bond acceptors (Lipinski definition) is 1. The summed E-state index contributed by atoms with van der Waals surface area (Å²) >= 11 is 2.66. The first kappa shape index (κ1) is 20.3. The van der Waals surface area contributed by atoms with Gasteiger partial charge in [0.15, 0.2) is 0 Å². The second-order valence-electron chi connectivity index (χ2n) is 9.15. The van der Waals surface area contributed by atoms with E-state index in [1.807, 2.05) is 12.1 Å². The van der Waals surface area contributed by atoms with Crippen LogP contribution in [0.1, 0.15) is 63.4 Å². The Morgan fingerprint density at radius 2 is 1.18 bits per heavy atom. The van der Waals surface area contributed by atoms with Gasteiger partial charge in [-0.3, -0.25) is 0 Å². The van der Waals surface area contributed by atoms with E-state index in [4.69, 9.17) is 5.73 Å². The van der Waals surface area contributed by atoms with E-state index in [0.717, 1.165) is 27.4 Å².